The number of oxime groups is 1. The summed E-state index contributed by atoms with van der Waals surface area (Å²) in [6.07, 6.45) is 0. The first kappa shape index (κ1) is 15.8. The third-order valence-corrected chi connectivity index (χ3v) is 2.51. The van der Waals surface area contributed by atoms with Gasteiger partial charge in [-0.05, 0) is 26.3 Å². The number of carbonyl (C=O) groups is 1. The maximum Gasteiger partial charge on any atom is 0.341 e. The summed E-state index contributed by atoms with van der Waals surface area (Å²) in [6.45, 7) is 5.64. The van der Waals surface area contributed by atoms with Crippen LogP contribution < -0.4 is 5.73 Å². The smallest absolute Gasteiger partial charge is 0.341 e. The SMILES string of the molecule is CCOC(=O)/C(C(C)=NOCc1ccccc1)=C(/C)N. The maximum atomic E-state index is 11.8. The zero-order valence-electron chi connectivity index (χ0n) is 12.1. The highest BCUT2D eigenvalue weighted by Crippen LogP contribution is 2.07. The molecule has 0 unspecified atom stereocenters. The number of carbonyl (C=O) groups excluding carboxylic acids is 1. The third kappa shape index (κ3) is 4.76. The second-order valence-electron chi connectivity index (χ2n) is 4.21. The molecular weight excluding hydrogens is 256 g/mol. The molecule has 0 bridgehead atoms. The molecular formula is C15H20N2O3. The first-order valence-corrected chi connectivity index (χ1v) is 6.40. The largest absolute Gasteiger partial charge is 0.462 e. The van der Waals surface area contributed by atoms with Gasteiger partial charge < -0.3 is 15.3 Å². The van der Waals surface area contributed by atoms with Crippen molar-refractivity contribution in [1.82, 2.24) is 0 Å². The lowest BCUT2D eigenvalue weighted by Crippen LogP contribution is -2.18. The zero-order chi connectivity index (χ0) is 15.0. The van der Waals surface area contributed by atoms with E-state index < -0.39 is 5.97 Å². The summed E-state index contributed by atoms with van der Waals surface area (Å²) in [7, 11) is 0. The molecule has 0 aliphatic heterocycles. The van der Waals surface area contributed by atoms with Gasteiger partial charge in [-0.25, -0.2) is 4.79 Å². The molecule has 108 valence electrons. The second-order valence-corrected chi connectivity index (χ2v) is 4.21. The molecule has 0 saturated heterocycles. The number of ether oxygens (including phenoxy) is 1. The summed E-state index contributed by atoms with van der Waals surface area (Å²) < 4.78 is 4.94. The molecule has 0 saturated carbocycles. The Balaban J connectivity index is 2.71. The molecule has 1 aromatic carbocycles. The molecule has 0 amide bonds. The predicted octanol–water partition coefficient (Wildman–Crippen LogP) is 2.37. The van der Waals surface area contributed by atoms with E-state index in [0.29, 0.717) is 18.0 Å². The van der Waals surface area contributed by atoms with Crippen molar-refractivity contribution in [3.8, 4) is 0 Å². The van der Waals surface area contributed by atoms with E-state index >= 15 is 0 Å². The highest BCUT2D eigenvalue weighted by atomic mass is 16.6. The fourth-order valence-corrected chi connectivity index (χ4v) is 1.62. The standard InChI is InChI=1S/C15H20N2O3/c1-4-19-15(18)14(11(2)16)12(3)17-20-10-13-8-6-5-7-9-13/h5-9H,4,10,16H2,1-3H3/b14-11-,17-12?. The van der Waals surface area contributed by atoms with E-state index in [1.54, 1.807) is 20.8 Å². The number of esters is 1. The Morgan fingerprint density at radius 3 is 2.45 bits per heavy atom. The van der Waals surface area contributed by atoms with Crippen LogP contribution in [0.5, 0.6) is 0 Å². The normalized spacial score (nSPS) is 12.7. The number of hydrogen-bond acceptors (Lipinski definition) is 5. The minimum absolute atomic E-state index is 0.250. The monoisotopic (exact) mass is 276 g/mol. The van der Waals surface area contributed by atoms with E-state index in [2.05, 4.69) is 5.16 Å². The summed E-state index contributed by atoms with van der Waals surface area (Å²) >= 11 is 0. The van der Waals surface area contributed by atoms with Crippen molar-refractivity contribution in [1.29, 1.82) is 0 Å². The first-order valence-electron chi connectivity index (χ1n) is 6.40. The van der Waals surface area contributed by atoms with E-state index in [1.807, 2.05) is 30.3 Å². The Morgan fingerprint density at radius 1 is 1.25 bits per heavy atom. The van der Waals surface area contributed by atoms with Crippen LogP contribution in [0.4, 0.5) is 0 Å². The van der Waals surface area contributed by atoms with Gasteiger partial charge in [0.15, 0.2) is 0 Å². The maximum absolute atomic E-state index is 11.8. The second kappa shape index (κ2) is 7.99. The van der Waals surface area contributed by atoms with Crippen molar-refractivity contribution in [3.63, 3.8) is 0 Å². The third-order valence-electron chi connectivity index (χ3n) is 2.51. The number of nitrogens with zero attached hydrogens (tertiary/aromatic N) is 1. The molecule has 2 N–H and O–H groups in total. The molecule has 1 aromatic rings. The Labute approximate surface area is 119 Å². The van der Waals surface area contributed by atoms with Gasteiger partial charge in [-0.2, -0.15) is 0 Å². The van der Waals surface area contributed by atoms with E-state index in [4.69, 9.17) is 15.3 Å². The lowest BCUT2D eigenvalue weighted by Gasteiger charge is -2.08. The minimum Gasteiger partial charge on any atom is -0.462 e. The van der Waals surface area contributed by atoms with E-state index in [-0.39, 0.29) is 12.2 Å². The molecule has 0 radical (unpaired) electrons. The van der Waals surface area contributed by atoms with Crippen molar-refractivity contribution >= 4 is 11.7 Å². The van der Waals surface area contributed by atoms with Crippen LogP contribution in [0.3, 0.4) is 0 Å². The summed E-state index contributed by atoms with van der Waals surface area (Å²) in [6, 6.07) is 9.63. The van der Waals surface area contributed by atoms with Crippen molar-refractivity contribution in [2.75, 3.05) is 6.61 Å². The van der Waals surface area contributed by atoms with Crippen molar-refractivity contribution in [3.05, 3.63) is 47.2 Å². The van der Waals surface area contributed by atoms with Crippen LogP contribution in [0.25, 0.3) is 0 Å². The Bertz CT molecular complexity index is 503. The predicted molar refractivity (Wildman–Crippen MR) is 77.9 cm³/mol. The quantitative estimate of drug-likeness (QED) is 0.374. The van der Waals surface area contributed by atoms with Gasteiger partial charge in [0.2, 0.25) is 0 Å². The number of benzene rings is 1. The van der Waals surface area contributed by atoms with Gasteiger partial charge in [-0.3, -0.25) is 0 Å². The van der Waals surface area contributed by atoms with Gasteiger partial charge in [0.1, 0.15) is 12.2 Å². The highest BCUT2D eigenvalue weighted by Gasteiger charge is 2.17. The van der Waals surface area contributed by atoms with Crippen molar-refractivity contribution in [2.45, 2.75) is 27.4 Å². The van der Waals surface area contributed by atoms with Crippen molar-refractivity contribution < 1.29 is 14.4 Å². The van der Waals surface area contributed by atoms with E-state index in [1.165, 1.54) is 0 Å². The Morgan fingerprint density at radius 2 is 1.90 bits per heavy atom. The molecule has 0 spiro atoms. The molecule has 0 heterocycles. The first-order chi connectivity index (χ1) is 9.56. The number of hydrogen-bond donors (Lipinski definition) is 1. The van der Waals surface area contributed by atoms with Gasteiger partial charge in [-0.1, -0.05) is 35.5 Å². The van der Waals surface area contributed by atoms with E-state index in [9.17, 15) is 4.79 Å². The molecule has 5 heteroatoms. The lowest BCUT2D eigenvalue weighted by molar-refractivity contribution is -0.137. The average molecular weight is 276 g/mol. The molecule has 5 nitrogen and oxygen atoms in total. The van der Waals surface area contributed by atoms with Gasteiger partial charge in [0, 0.05) is 5.70 Å². The summed E-state index contributed by atoms with van der Waals surface area (Å²) in [5.74, 6) is -0.489. The minimum atomic E-state index is -0.489. The van der Waals surface area contributed by atoms with Gasteiger partial charge in [0.25, 0.3) is 0 Å². The molecule has 0 fully saturated rings. The van der Waals surface area contributed by atoms with Gasteiger partial charge in [0.05, 0.1) is 12.3 Å². The fourth-order valence-electron chi connectivity index (χ4n) is 1.62. The lowest BCUT2D eigenvalue weighted by atomic mass is 10.1. The van der Waals surface area contributed by atoms with Crippen LogP contribution in [0.2, 0.25) is 0 Å². The Kier molecular flexibility index (Phi) is 6.29. The van der Waals surface area contributed by atoms with Crippen LogP contribution in [0, 0.1) is 0 Å². The molecule has 0 aromatic heterocycles. The van der Waals surface area contributed by atoms with Crippen LogP contribution in [-0.4, -0.2) is 18.3 Å². The topological polar surface area (TPSA) is 73.9 Å². The van der Waals surface area contributed by atoms with E-state index in [0.717, 1.165) is 5.56 Å². The van der Waals surface area contributed by atoms with Crippen LogP contribution in [0.15, 0.2) is 46.8 Å². The molecule has 1 rings (SSSR count). The van der Waals surface area contributed by atoms with Crippen LogP contribution in [0.1, 0.15) is 26.3 Å². The zero-order valence-corrected chi connectivity index (χ0v) is 12.1. The molecule has 20 heavy (non-hydrogen) atoms. The molecule has 0 atom stereocenters. The number of nitrogens with two attached hydrogens (primary N) is 1. The fraction of sp³-hybridized carbons (Fsp3) is 0.333. The summed E-state index contributed by atoms with van der Waals surface area (Å²) in [5.41, 5.74) is 7.70. The number of allylic oxidation sites excluding steroid dienone is 1. The average Bonchev–Trinajstić information content (AvgIpc) is 2.40. The van der Waals surface area contributed by atoms with Gasteiger partial charge in [-0.15, -0.1) is 0 Å². The molecule has 0 aliphatic carbocycles. The highest BCUT2D eigenvalue weighted by molar-refractivity contribution is 6.19. The summed E-state index contributed by atoms with van der Waals surface area (Å²) in [5, 5.41) is 3.92. The number of rotatable bonds is 6. The summed E-state index contributed by atoms with van der Waals surface area (Å²) in [4.78, 5) is 17.0. The molecule has 0 aliphatic rings. The van der Waals surface area contributed by atoms with Crippen LogP contribution in [-0.2, 0) is 21.0 Å². The van der Waals surface area contributed by atoms with Crippen molar-refractivity contribution in [2.24, 2.45) is 10.9 Å². The van der Waals surface area contributed by atoms with Crippen LogP contribution >= 0.6 is 0 Å². The Hall–Kier alpha value is -2.30. The van der Waals surface area contributed by atoms with Gasteiger partial charge >= 0.3 is 5.97 Å².